The number of rotatable bonds is 2. The first kappa shape index (κ1) is 12.5. The molecule has 1 aliphatic heterocycles. The van der Waals surface area contributed by atoms with E-state index in [2.05, 4.69) is 16.8 Å². The minimum atomic E-state index is 0.100. The van der Waals surface area contributed by atoms with Gasteiger partial charge in [-0.15, -0.1) is 0 Å². The molecule has 1 atom stereocenters. The molecule has 1 fully saturated rings. The van der Waals surface area contributed by atoms with Gasteiger partial charge in [-0.05, 0) is 55.1 Å². The molecule has 0 unspecified atom stereocenters. The van der Waals surface area contributed by atoms with Crippen LogP contribution in [-0.2, 0) is 0 Å². The number of furan rings is 1. The van der Waals surface area contributed by atoms with E-state index in [9.17, 15) is 4.79 Å². The number of thiophene rings is 1. The molecule has 0 spiro atoms. The molecule has 0 saturated carbocycles. The van der Waals surface area contributed by atoms with Crippen molar-refractivity contribution in [2.75, 3.05) is 6.54 Å². The molecule has 1 aliphatic rings. The summed E-state index contributed by atoms with van der Waals surface area (Å²) < 4.78 is 5.48. The van der Waals surface area contributed by atoms with Gasteiger partial charge in [-0.3, -0.25) is 4.79 Å². The average Bonchev–Trinajstić information content (AvgIpc) is 3.06. The first-order valence-corrected chi connectivity index (χ1v) is 7.51. The number of carbonyl (C=O) groups is 1. The van der Waals surface area contributed by atoms with Crippen molar-refractivity contribution in [3.05, 3.63) is 45.5 Å². The Bertz CT molecular complexity index is 585. The van der Waals surface area contributed by atoms with Crippen LogP contribution in [0, 0.1) is 13.8 Å². The number of nitrogens with zero attached hydrogens (tertiary/aromatic N) is 1. The standard InChI is InChI=1S/C15H17NO2S/c1-10-8-13(11(2)18-10)15(17)16-6-3-4-14(16)12-5-7-19-9-12/h5,7-9,14H,3-4,6H2,1-2H3/t14-/m0/s1. The van der Waals surface area contributed by atoms with Crippen molar-refractivity contribution in [3.63, 3.8) is 0 Å². The van der Waals surface area contributed by atoms with Gasteiger partial charge in [-0.1, -0.05) is 0 Å². The molecule has 4 heteroatoms. The fraction of sp³-hybridized carbons (Fsp3) is 0.400. The van der Waals surface area contributed by atoms with Crippen LogP contribution in [0.1, 0.15) is 46.3 Å². The zero-order valence-electron chi connectivity index (χ0n) is 11.2. The monoisotopic (exact) mass is 275 g/mol. The van der Waals surface area contributed by atoms with Gasteiger partial charge in [0, 0.05) is 6.54 Å². The van der Waals surface area contributed by atoms with Crippen LogP contribution in [0.3, 0.4) is 0 Å². The van der Waals surface area contributed by atoms with E-state index in [1.165, 1.54) is 5.56 Å². The summed E-state index contributed by atoms with van der Waals surface area (Å²) in [6.45, 7) is 4.57. The van der Waals surface area contributed by atoms with E-state index in [4.69, 9.17) is 4.42 Å². The van der Waals surface area contributed by atoms with Crippen LogP contribution < -0.4 is 0 Å². The lowest BCUT2D eigenvalue weighted by atomic mass is 10.1. The number of hydrogen-bond acceptors (Lipinski definition) is 3. The maximum absolute atomic E-state index is 12.7. The Labute approximate surface area is 116 Å². The molecule has 3 rings (SSSR count). The molecule has 3 nitrogen and oxygen atoms in total. The Balaban J connectivity index is 1.89. The molecule has 0 bridgehead atoms. The lowest BCUT2D eigenvalue weighted by Gasteiger charge is -2.24. The first-order chi connectivity index (χ1) is 9.16. The van der Waals surface area contributed by atoms with Crippen LogP contribution in [0.2, 0.25) is 0 Å². The Morgan fingerprint density at radius 2 is 2.32 bits per heavy atom. The second-order valence-corrected chi connectivity index (χ2v) is 5.82. The minimum absolute atomic E-state index is 0.100. The SMILES string of the molecule is Cc1cc(C(=O)N2CCC[C@H]2c2ccsc2)c(C)o1. The molecule has 0 aromatic carbocycles. The smallest absolute Gasteiger partial charge is 0.257 e. The summed E-state index contributed by atoms with van der Waals surface area (Å²) in [5.74, 6) is 1.62. The van der Waals surface area contributed by atoms with Gasteiger partial charge < -0.3 is 9.32 Å². The van der Waals surface area contributed by atoms with Gasteiger partial charge in [-0.2, -0.15) is 11.3 Å². The number of aryl methyl sites for hydroxylation is 2. The zero-order chi connectivity index (χ0) is 13.4. The Hall–Kier alpha value is -1.55. The van der Waals surface area contributed by atoms with Gasteiger partial charge in [-0.25, -0.2) is 0 Å². The summed E-state index contributed by atoms with van der Waals surface area (Å²) >= 11 is 1.69. The van der Waals surface area contributed by atoms with Gasteiger partial charge in [0.2, 0.25) is 0 Å². The Morgan fingerprint density at radius 1 is 1.47 bits per heavy atom. The summed E-state index contributed by atoms with van der Waals surface area (Å²) in [4.78, 5) is 14.6. The summed E-state index contributed by atoms with van der Waals surface area (Å²) in [6.07, 6.45) is 2.13. The van der Waals surface area contributed by atoms with Crippen LogP contribution in [0.5, 0.6) is 0 Å². The molecule has 0 N–H and O–H groups in total. The molecule has 1 saturated heterocycles. The predicted molar refractivity (Wildman–Crippen MR) is 75.5 cm³/mol. The quantitative estimate of drug-likeness (QED) is 0.832. The number of amides is 1. The molecule has 0 aliphatic carbocycles. The number of hydrogen-bond donors (Lipinski definition) is 0. The first-order valence-electron chi connectivity index (χ1n) is 6.57. The molecule has 2 aromatic heterocycles. The van der Waals surface area contributed by atoms with Crippen molar-refractivity contribution in [1.29, 1.82) is 0 Å². The predicted octanol–water partition coefficient (Wildman–Crippen LogP) is 3.94. The highest BCUT2D eigenvalue weighted by Gasteiger charge is 2.32. The van der Waals surface area contributed by atoms with E-state index in [1.54, 1.807) is 11.3 Å². The minimum Gasteiger partial charge on any atom is -0.466 e. The van der Waals surface area contributed by atoms with Crippen LogP contribution in [0.15, 0.2) is 27.3 Å². The van der Waals surface area contributed by atoms with E-state index in [-0.39, 0.29) is 11.9 Å². The van der Waals surface area contributed by atoms with E-state index in [0.29, 0.717) is 5.56 Å². The van der Waals surface area contributed by atoms with Gasteiger partial charge in [0.25, 0.3) is 5.91 Å². The van der Waals surface area contributed by atoms with E-state index in [0.717, 1.165) is 30.9 Å². The zero-order valence-corrected chi connectivity index (χ0v) is 12.0. The fourth-order valence-electron chi connectivity index (χ4n) is 2.82. The third kappa shape index (κ3) is 2.21. The average molecular weight is 275 g/mol. The third-order valence-corrected chi connectivity index (χ3v) is 4.41. The Morgan fingerprint density at radius 3 is 2.95 bits per heavy atom. The maximum Gasteiger partial charge on any atom is 0.257 e. The van der Waals surface area contributed by atoms with Gasteiger partial charge >= 0.3 is 0 Å². The van der Waals surface area contributed by atoms with Crippen molar-refractivity contribution < 1.29 is 9.21 Å². The number of likely N-dealkylation sites (tertiary alicyclic amines) is 1. The van der Waals surface area contributed by atoms with Crippen LogP contribution in [-0.4, -0.2) is 17.4 Å². The Kier molecular flexibility index (Phi) is 3.19. The highest BCUT2D eigenvalue weighted by atomic mass is 32.1. The lowest BCUT2D eigenvalue weighted by Crippen LogP contribution is -2.30. The highest BCUT2D eigenvalue weighted by molar-refractivity contribution is 7.07. The van der Waals surface area contributed by atoms with Crippen molar-refractivity contribution in [3.8, 4) is 0 Å². The molecular weight excluding hydrogens is 258 g/mol. The largest absolute Gasteiger partial charge is 0.466 e. The summed E-state index contributed by atoms with van der Waals surface area (Å²) in [7, 11) is 0. The molecule has 0 radical (unpaired) electrons. The molecular formula is C15H17NO2S. The molecule has 2 aromatic rings. The third-order valence-electron chi connectivity index (χ3n) is 3.71. The molecule has 1 amide bonds. The second-order valence-electron chi connectivity index (χ2n) is 5.04. The van der Waals surface area contributed by atoms with Crippen molar-refractivity contribution in [2.24, 2.45) is 0 Å². The number of carbonyl (C=O) groups excluding carboxylic acids is 1. The van der Waals surface area contributed by atoms with E-state index >= 15 is 0 Å². The summed E-state index contributed by atoms with van der Waals surface area (Å²) in [5.41, 5.74) is 1.97. The summed E-state index contributed by atoms with van der Waals surface area (Å²) in [6, 6.07) is 4.20. The fourth-order valence-corrected chi connectivity index (χ4v) is 3.53. The van der Waals surface area contributed by atoms with Crippen molar-refractivity contribution in [2.45, 2.75) is 32.7 Å². The van der Waals surface area contributed by atoms with Crippen molar-refractivity contribution >= 4 is 17.2 Å². The second kappa shape index (κ2) is 4.85. The van der Waals surface area contributed by atoms with E-state index in [1.807, 2.05) is 24.8 Å². The topological polar surface area (TPSA) is 33.5 Å². The van der Waals surface area contributed by atoms with E-state index < -0.39 is 0 Å². The molecule has 3 heterocycles. The normalized spacial score (nSPS) is 19.1. The van der Waals surface area contributed by atoms with Gasteiger partial charge in [0.05, 0.1) is 11.6 Å². The molecule has 19 heavy (non-hydrogen) atoms. The van der Waals surface area contributed by atoms with Crippen LogP contribution in [0.4, 0.5) is 0 Å². The summed E-state index contributed by atoms with van der Waals surface area (Å²) in [5, 5.41) is 4.22. The maximum atomic E-state index is 12.7. The van der Waals surface area contributed by atoms with Crippen molar-refractivity contribution in [1.82, 2.24) is 4.90 Å². The van der Waals surface area contributed by atoms with Crippen LogP contribution >= 0.6 is 11.3 Å². The van der Waals surface area contributed by atoms with Crippen LogP contribution in [0.25, 0.3) is 0 Å². The molecule has 100 valence electrons. The highest BCUT2D eigenvalue weighted by Crippen LogP contribution is 2.34. The van der Waals surface area contributed by atoms with Gasteiger partial charge in [0.15, 0.2) is 0 Å². The van der Waals surface area contributed by atoms with Gasteiger partial charge in [0.1, 0.15) is 11.5 Å². The lowest BCUT2D eigenvalue weighted by molar-refractivity contribution is 0.0734.